The first-order valence-corrected chi connectivity index (χ1v) is 5.33. The van der Waals surface area contributed by atoms with Gasteiger partial charge in [0.15, 0.2) is 5.78 Å². The third-order valence-corrected chi connectivity index (χ3v) is 2.86. The number of benzene rings is 1. The predicted molar refractivity (Wildman–Crippen MR) is 59.5 cm³/mol. The molecule has 1 aliphatic carbocycles. The van der Waals surface area contributed by atoms with Crippen molar-refractivity contribution in [3.8, 4) is 0 Å². The number of ketones is 1. The molecule has 2 aromatic rings. The van der Waals surface area contributed by atoms with E-state index in [9.17, 15) is 9.59 Å². The summed E-state index contributed by atoms with van der Waals surface area (Å²) in [6.07, 6.45) is 1.79. The van der Waals surface area contributed by atoms with Gasteiger partial charge in [-0.1, -0.05) is 18.2 Å². The number of rotatable bonds is 2. The molecule has 0 N–H and O–H groups in total. The third kappa shape index (κ3) is 1.45. The van der Waals surface area contributed by atoms with Gasteiger partial charge in [0.2, 0.25) is 0 Å². The van der Waals surface area contributed by atoms with Gasteiger partial charge in [-0.3, -0.25) is 4.79 Å². The van der Waals surface area contributed by atoms with Crippen LogP contribution in [-0.2, 0) is 0 Å². The van der Waals surface area contributed by atoms with Crippen molar-refractivity contribution < 1.29 is 9.21 Å². The van der Waals surface area contributed by atoms with E-state index < -0.39 is 5.63 Å². The number of carbonyl (C=O) groups is 1. The summed E-state index contributed by atoms with van der Waals surface area (Å²) in [5.41, 5.74) is 0.205. The molecule has 0 aliphatic heterocycles. The van der Waals surface area contributed by atoms with Crippen LogP contribution >= 0.6 is 0 Å². The van der Waals surface area contributed by atoms with Crippen molar-refractivity contribution in [3.05, 3.63) is 46.3 Å². The van der Waals surface area contributed by atoms with E-state index >= 15 is 0 Å². The van der Waals surface area contributed by atoms with Gasteiger partial charge < -0.3 is 4.42 Å². The standard InChI is InChI=1S/C13H10O3/c14-12(8-5-6-8)10-7-9-3-1-2-4-11(9)16-13(10)15/h1-4,7-8H,5-6H2. The van der Waals surface area contributed by atoms with Gasteiger partial charge in [-0.25, -0.2) is 4.79 Å². The Bertz CT molecular complexity index is 620. The van der Waals surface area contributed by atoms with E-state index in [0.717, 1.165) is 18.2 Å². The zero-order valence-corrected chi connectivity index (χ0v) is 8.60. The van der Waals surface area contributed by atoms with Crippen molar-refractivity contribution in [2.45, 2.75) is 12.8 Å². The lowest BCUT2D eigenvalue weighted by molar-refractivity contribution is 0.0964. The van der Waals surface area contributed by atoms with Crippen LogP contribution in [0.15, 0.2) is 39.5 Å². The highest BCUT2D eigenvalue weighted by Gasteiger charge is 2.32. The number of hydrogen-bond donors (Lipinski definition) is 0. The minimum absolute atomic E-state index is 0.0454. The van der Waals surface area contributed by atoms with Gasteiger partial charge in [0.05, 0.1) is 0 Å². The highest BCUT2D eigenvalue weighted by atomic mass is 16.4. The maximum Gasteiger partial charge on any atom is 0.347 e. The first-order chi connectivity index (χ1) is 7.75. The van der Waals surface area contributed by atoms with Crippen molar-refractivity contribution in [2.75, 3.05) is 0 Å². The number of fused-ring (bicyclic) bond motifs is 1. The Hall–Kier alpha value is -1.90. The van der Waals surface area contributed by atoms with Gasteiger partial charge in [-0.15, -0.1) is 0 Å². The predicted octanol–water partition coefficient (Wildman–Crippen LogP) is 2.39. The highest BCUT2D eigenvalue weighted by Crippen LogP contribution is 2.32. The fourth-order valence-corrected chi connectivity index (χ4v) is 1.80. The largest absolute Gasteiger partial charge is 0.422 e. The Morgan fingerprint density at radius 2 is 2.00 bits per heavy atom. The molecule has 1 aromatic carbocycles. The minimum Gasteiger partial charge on any atom is -0.422 e. The number of para-hydroxylation sites is 1. The Labute approximate surface area is 91.7 Å². The normalized spacial score (nSPS) is 15.2. The average molecular weight is 214 g/mol. The van der Waals surface area contributed by atoms with Crippen LogP contribution in [0.3, 0.4) is 0 Å². The summed E-state index contributed by atoms with van der Waals surface area (Å²) in [5, 5.41) is 0.797. The molecule has 0 unspecified atom stereocenters. The zero-order chi connectivity index (χ0) is 11.1. The Kier molecular flexibility index (Phi) is 1.93. The van der Waals surface area contributed by atoms with Crippen LogP contribution in [0.4, 0.5) is 0 Å². The summed E-state index contributed by atoms with van der Waals surface area (Å²) in [4.78, 5) is 23.4. The molecule has 1 saturated carbocycles. The second kappa shape index (κ2) is 3.30. The molecule has 3 heteroatoms. The van der Waals surface area contributed by atoms with E-state index in [4.69, 9.17) is 4.42 Å². The maximum atomic E-state index is 11.8. The van der Waals surface area contributed by atoms with Gasteiger partial charge in [0, 0.05) is 11.3 Å². The monoisotopic (exact) mass is 214 g/mol. The second-order valence-corrected chi connectivity index (χ2v) is 4.12. The van der Waals surface area contributed by atoms with Crippen LogP contribution < -0.4 is 5.63 Å². The van der Waals surface area contributed by atoms with Crippen LogP contribution in [0.25, 0.3) is 11.0 Å². The molecule has 0 spiro atoms. The topological polar surface area (TPSA) is 47.3 Å². The summed E-state index contributed by atoms with van der Waals surface area (Å²) in [7, 11) is 0. The lowest BCUT2D eigenvalue weighted by atomic mass is 10.1. The first-order valence-electron chi connectivity index (χ1n) is 5.33. The highest BCUT2D eigenvalue weighted by molar-refractivity contribution is 6.00. The first kappa shape index (κ1) is 9.33. The molecule has 0 bridgehead atoms. The zero-order valence-electron chi connectivity index (χ0n) is 8.60. The van der Waals surface area contributed by atoms with Crippen LogP contribution in [0, 0.1) is 5.92 Å². The van der Waals surface area contributed by atoms with Crippen molar-refractivity contribution in [3.63, 3.8) is 0 Å². The lowest BCUT2D eigenvalue weighted by Gasteiger charge is -1.99. The lowest BCUT2D eigenvalue weighted by Crippen LogP contribution is -2.15. The molecule has 3 rings (SSSR count). The van der Waals surface area contributed by atoms with Crippen molar-refractivity contribution in [1.29, 1.82) is 0 Å². The van der Waals surface area contributed by atoms with E-state index in [1.165, 1.54) is 0 Å². The van der Waals surface area contributed by atoms with Gasteiger partial charge in [-0.05, 0) is 25.0 Å². The summed E-state index contributed by atoms with van der Waals surface area (Å²) in [5.74, 6) is -0.0245. The van der Waals surface area contributed by atoms with Crippen LogP contribution in [0.1, 0.15) is 23.2 Å². The molecule has 3 nitrogen and oxygen atoms in total. The third-order valence-electron chi connectivity index (χ3n) is 2.86. The SMILES string of the molecule is O=C(c1cc2ccccc2oc1=O)C1CC1. The minimum atomic E-state index is -0.518. The summed E-state index contributed by atoms with van der Waals surface area (Å²) < 4.78 is 5.12. The van der Waals surface area contributed by atoms with Crippen LogP contribution in [0.5, 0.6) is 0 Å². The molecule has 16 heavy (non-hydrogen) atoms. The summed E-state index contributed by atoms with van der Waals surface area (Å²) in [6.45, 7) is 0. The Balaban J connectivity index is 2.21. The Morgan fingerprint density at radius 3 is 2.75 bits per heavy atom. The number of Topliss-reactive ketones (excluding diaryl/α,β-unsaturated/α-hetero) is 1. The molecule has 1 aliphatic rings. The number of hydrogen-bond acceptors (Lipinski definition) is 3. The quantitative estimate of drug-likeness (QED) is 0.569. The van der Waals surface area contributed by atoms with E-state index in [1.54, 1.807) is 18.2 Å². The molecule has 0 radical (unpaired) electrons. The van der Waals surface area contributed by atoms with Crippen LogP contribution in [-0.4, -0.2) is 5.78 Å². The fraction of sp³-hybridized carbons (Fsp3) is 0.231. The molecule has 0 atom stereocenters. The van der Waals surface area contributed by atoms with Crippen LogP contribution in [0.2, 0.25) is 0 Å². The molecule has 0 amide bonds. The van der Waals surface area contributed by atoms with Gasteiger partial charge in [0.1, 0.15) is 11.1 Å². The summed E-state index contributed by atoms with van der Waals surface area (Å²) in [6, 6.07) is 8.85. The van der Waals surface area contributed by atoms with Gasteiger partial charge in [0.25, 0.3) is 0 Å². The Morgan fingerprint density at radius 1 is 1.25 bits per heavy atom. The van der Waals surface area contributed by atoms with Gasteiger partial charge >= 0.3 is 5.63 Å². The smallest absolute Gasteiger partial charge is 0.347 e. The summed E-state index contributed by atoms with van der Waals surface area (Å²) >= 11 is 0. The second-order valence-electron chi connectivity index (χ2n) is 4.12. The van der Waals surface area contributed by atoms with E-state index in [-0.39, 0.29) is 17.3 Å². The average Bonchev–Trinajstić information content (AvgIpc) is 3.11. The van der Waals surface area contributed by atoms with E-state index in [0.29, 0.717) is 5.58 Å². The van der Waals surface area contributed by atoms with Crippen molar-refractivity contribution >= 4 is 16.8 Å². The fourth-order valence-electron chi connectivity index (χ4n) is 1.80. The molecular formula is C13H10O3. The molecule has 80 valence electrons. The van der Waals surface area contributed by atoms with E-state index in [1.807, 2.05) is 12.1 Å². The molecule has 1 fully saturated rings. The van der Waals surface area contributed by atoms with E-state index in [2.05, 4.69) is 0 Å². The molecule has 1 aromatic heterocycles. The molecule has 0 saturated heterocycles. The maximum absolute atomic E-state index is 11.8. The number of carbonyl (C=O) groups excluding carboxylic acids is 1. The van der Waals surface area contributed by atoms with Gasteiger partial charge in [-0.2, -0.15) is 0 Å². The van der Waals surface area contributed by atoms with Crippen molar-refractivity contribution in [2.24, 2.45) is 5.92 Å². The molecular weight excluding hydrogens is 204 g/mol. The van der Waals surface area contributed by atoms with Crippen molar-refractivity contribution in [1.82, 2.24) is 0 Å². The molecule has 1 heterocycles.